The molecule has 0 fully saturated rings. The first-order valence-corrected chi connectivity index (χ1v) is 6.82. The van der Waals surface area contributed by atoms with Crippen molar-refractivity contribution in [3.63, 3.8) is 0 Å². The predicted molar refractivity (Wildman–Crippen MR) is 71.2 cm³/mol. The third kappa shape index (κ3) is 3.75. The number of hydrogen-bond donors (Lipinski definition) is 2. The Balaban J connectivity index is 2.80. The van der Waals surface area contributed by atoms with E-state index in [1.165, 1.54) is 11.8 Å². The Hall–Kier alpha value is -1.53. The van der Waals surface area contributed by atoms with Crippen LogP contribution in [0.3, 0.4) is 0 Å². The van der Waals surface area contributed by atoms with Crippen LogP contribution in [0.15, 0.2) is 30.3 Å². The number of aliphatic carboxylic acids is 1. The normalized spacial score (nSPS) is 11.9. The summed E-state index contributed by atoms with van der Waals surface area (Å²) in [5, 5.41) is 9.88. The maximum absolute atomic E-state index is 12.0. The van der Waals surface area contributed by atoms with Crippen molar-refractivity contribution in [3.8, 4) is 0 Å². The first-order valence-electron chi connectivity index (χ1n) is 5.43. The summed E-state index contributed by atoms with van der Waals surface area (Å²) in [4.78, 5) is 23.1. The highest BCUT2D eigenvalue weighted by Gasteiger charge is 2.27. The summed E-state index contributed by atoms with van der Waals surface area (Å²) in [5.41, 5.74) is 0.385. The molecule has 0 unspecified atom stereocenters. The van der Waals surface area contributed by atoms with Crippen LogP contribution in [0.25, 0.3) is 0 Å². The van der Waals surface area contributed by atoms with Crippen LogP contribution in [0.4, 0.5) is 0 Å². The van der Waals surface area contributed by atoms with Gasteiger partial charge in [0.1, 0.15) is 6.04 Å². The molecule has 1 atom stereocenters. The number of carboxylic acid groups (broad SMARTS) is 1. The molecule has 0 bridgehead atoms. The van der Waals surface area contributed by atoms with E-state index in [4.69, 9.17) is 10.9 Å². The van der Waals surface area contributed by atoms with Gasteiger partial charge in [0.2, 0.25) is 0 Å². The molecule has 0 aliphatic carbocycles. The smallest absolute Gasteiger partial charge is 0.328 e. The van der Waals surface area contributed by atoms with E-state index < -0.39 is 17.9 Å². The van der Waals surface area contributed by atoms with Crippen LogP contribution in [0.5, 0.6) is 0 Å². The van der Waals surface area contributed by atoms with Gasteiger partial charge in [-0.3, -0.25) is 9.80 Å². The zero-order valence-corrected chi connectivity index (χ0v) is 10.9. The van der Waals surface area contributed by atoms with Gasteiger partial charge >= 0.3 is 5.97 Å². The molecule has 0 saturated carbocycles. The van der Waals surface area contributed by atoms with Crippen molar-refractivity contribution < 1.29 is 14.7 Å². The summed E-state index contributed by atoms with van der Waals surface area (Å²) in [6.45, 7) is 0. The molecule has 0 radical (unpaired) electrons. The molecular formula is C12H16N2O3S. The summed E-state index contributed by atoms with van der Waals surface area (Å²) in [7, 11) is 0. The Kier molecular flexibility index (Phi) is 5.67. The van der Waals surface area contributed by atoms with E-state index in [0.29, 0.717) is 17.7 Å². The molecule has 6 heteroatoms. The molecule has 0 saturated heterocycles. The maximum Gasteiger partial charge on any atom is 0.328 e. The first-order chi connectivity index (χ1) is 8.57. The Labute approximate surface area is 110 Å². The fourth-order valence-corrected chi connectivity index (χ4v) is 1.94. The Morgan fingerprint density at radius 3 is 2.50 bits per heavy atom. The number of benzene rings is 1. The Morgan fingerprint density at radius 2 is 2.00 bits per heavy atom. The van der Waals surface area contributed by atoms with Crippen LogP contribution in [0.2, 0.25) is 0 Å². The summed E-state index contributed by atoms with van der Waals surface area (Å²) < 4.78 is 0. The summed E-state index contributed by atoms with van der Waals surface area (Å²) in [6, 6.07) is 7.41. The van der Waals surface area contributed by atoms with Crippen LogP contribution in [-0.2, 0) is 4.79 Å². The van der Waals surface area contributed by atoms with Crippen molar-refractivity contribution in [2.45, 2.75) is 12.5 Å². The zero-order valence-electron chi connectivity index (χ0n) is 10.1. The number of carbonyl (C=O) groups excluding carboxylic acids is 1. The van der Waals surface area contributed by atoms with Crippen LogP contribution >= 0.6 is 11.8 Å². The van der Waals surface area contributed by atoms with Crippen molar-refractivity contribution in [1.29, 1.82) is 0 Å². The number of hydrogen-bond acceptors (Lipinski definition) is 4. The molecule has 1 rings (SSSR count). The Morgan fingerprint density at radius 1 is 1.39 bits per heavy atom. The minimum absolute atomic E-state index is 0.325. The molecular weight excluding hydrogens is 252 g/mol. The fraction of sp³-hybridized carbons (Fsp3) is 0.333. The second-order valence-corrected chi connectivity index (χ2v) is 4.70. The second-order valence-electron chi connectivity index (χ2n) is 3.71. The van der Waals surface area contributed by atoms with Crippen LogP contribution < -0.4 is 5.84 Å². The largest absolute Gasteiger partial charge is 0.480 e. The van der Waals surface area contributed by atoms with Gasteiger partial charge in [-0.1, -0.05) is 18.2 Å². The van der Waals surface area contributed by atoms with E-state index in [1.807, 2.05) is 6.26 Å². The molecule has 1 amide bonds. The fourth-order valence-electron chi connectivity index (χ4n) is 1.48. The zero-order chi connectivity index (χ0) is 13.5. The van der Waals surface area contributed by atoms with E-state index in [9.17, 15) is 9.59 Å². The minimum Gasteiger partial charge on any atom is -0.480 e. The van der Waals surface area contributed by atoms with Gasteiger partial charge in [0.25, 0.3) is 5.91 Å². The average molecular weight is 268 g/mol. The molecule has 5 nitrogen and oxygen atoms in total. The lowest BCUT2D eigenvalue weighted by molar-refractivity contribution is -0.142. The van der Waals surface area contributed by atoms with E-state index in [2.05, 4.69) is 0 Å². The highest BCUT2D eigenvalue weighted by atomic mass is 32.2. The topological polar surface area (TPSA) is 83.6 Å². The molecule has 1 aromatic carbocycles. The monoisotopic (exact) mass is 268 g/mol. The van der Waals surface area contributed by atoms with Crippen molar-refractivity contribution >= 4 is 23.6 Å². The number of hydrazine groups is 1. The third-order valence-corrected chi connectivity index (χ3v) is 3.12. The maximum atomic E-state index is 12.0. The minimum atomic E-state index is -1.09. The molecule has 0 spiro atoms. The molecule has 18 heavy (non-hydrogen) atoms. The SMILES string of the molecule is CSCC[C@@H](C(=O)O)N(N)C(=O)c1ccccc1. The molecule has 0 aromatic heterocycles. The average Bonchev–Trinajstić information content (AvgIpc) is 2.38. The molecule has 0 aliphatic rings. The third-order valence-electron chi connectivity index (χ3n) is 2.47. The number of nitrogens with two attached hydrogens (primary N) is 1. The van der Waals surface area contributed by atoms with Gasteiger partial charge in [-0.15, -0.1) is 0 Å². The lowest BCUT2D eigenvalue weighted by atomic mass is 10.1. The van der Waals surface area contributed by atoms with Gasteiger partial charge in [-0.2, -0.15) is 11.8 Å². The highest BCUT2D eigenvalue weighted by molar-refractivity contribution is 7.98. The predicted octanol–water partition coefficient (Wildman–Crippen LogP) is 1.21. The van der Waals surface area contributed by atoms with Gasteiger partial charge in [-0.25, -0.2) is 10.6 Å². The van der Waals surface area contributed by atoms with Gasteiger partial charge in [0.15, 0.2) is 0 Å². The van der Waals surface area contributed by atoms with Crippen LogP contribution in [-0.4, -0.2) is 40.0 Å². The standard InChI is InChI=1S/C12H16N2O3S/c1-18-8-7-10(12(16)17)14(13)11(15)9-5-3-2-4-6-9/h2-6,10H,7-8,13H2,1H3,(H,16,17)/t10-/m0/s1. The molecule has 98 valence electrons. The Bertz CT molecular complexity index is 411. The lowest BCUT2D eigenvalue weighted by Crippen LogP contribution is -2.49. The molecule has 3 N–H and O–H groups in total. The van der Waals surface area contributed by atoms with Crippen molar-refractivity contribution in [3.05, 3.63) is 35.9 Å². The number of amides is 1. The van der Waals surface area contributed by atoms with Gasteiger partial charge in [0, 0.05) is 5.56 Å². The van der Waals surface area contributed by atoms with Crippen molar-refractivity contribution in [2.24, 2.45) is 5.84 Å². The number of carbonyl (C=O) groups is 2. The van der Waals surface area contributed by atoms with E-state index >= 15 is 0 Å². The second kappa shape index (κ2) is 7.03. The first kappa shape index (κ1) is 14.5. The molecule has 0 aliphatic heterocycles. The number of nitrogens with zero attached hydrogens (tertiary/aromatic N) is 1. The van der Waals surface area contributed by atoms with Gasteiger partial charge in [-0.05, 0) is 30.6 Å². The van der Waals surface area contributed by atoms with Gasteiger partial charge < -0.3 is 5.11 Å². The van der Waals surface area contributed by atoms with E-state index in [0.717, 1.165) is 5.01 Å². The molecule has 1 aromatic rings. The van der Waals surface area contributed by atoms with Crippen molar-refractivity contribution in [2.75, 3.05) is 12.0 Å². The van der Waals surface area contributed by atoms with Crippen LogP contribution in [0.1, 0.15) is 16.8 Å². The molecule has 0 heterocycles. The number of carboxylic acids is 1. The number of thioether (sulfide) groups is 1. The van der Waals surface area contributed by atoms with E-state index in [-0.39, 0.29) is 0 Å². The summed E-state index contributed by atoms with van der Waals surface area (Å²) in [5.74, 6) is 4.69. The highest BCUT2D eigenvalue weighted by Crippen LogP contribution is 2.10. The summed E-state index contributed by atoms with van der Waals surface area (Å²) >= 11 is 1.52. The van der Waals surface area contributed by atoms with E-state index in [1.54, 1.807) is 30.3 Å². The summed E-state index contributed by atoms with van der Waals surface area (Å²) in [6.07, 6.45) is 2.20. The quantitative estimate of drug-likeness (QED) is 0.460. The van der Waals surface area contributed by atoms with Crippen LogP contribution in [0, 0.1) is 0 Å². The van der Waals surface area contributed by atoms with Crippen molar-refractivity contribution in [1.82, 2.24) is 5.01 Å². The lowest BCUT2D eigenvalue weighted by Gasteiger charge is -2.23. The van der Waals surface area contributed by atoms with Gasteiger partial charge in [0.05, 0.1) is 0 Å². The number of rotatable bonds is 6.